The molecule has 136 valence electrons. The third-order valence-electron chi connectivity index (χ3n) is 4.31. The molecule has 2 aromatic heterocycles. The monoisotopic (exact) mass is 370 g/mol. The highest BCUT2D eigenvalue weighted by atomic mass is 32.2. The van der Waals surface area contributed by atoms with Crippen LogP contribution < -0.4 is 0 Å². The SMILES string of the molecule is CC(C)(C)c1nnc(CS(=O)c2ncc(-c3ccccc3)n2C2CC2)o1. The van der Waals surface area contributed by atoms with Gasteiger partial charge in [-0.3, -0.25) is 4.21 Å². The molecule has 0 bridgehead atoms. The van der Waals surface area contributed by atoms with E-state index in [1.165, 1.54) is 0 Å². The maximum absolute atomic E-state index is 13.0. The molecule has 3 aromatic rings. The molecule has 1 unspecified atom stereocenters. The fourth-order valence-corrected chi connectivity index (χ4v) is 3.92. The predicted molar refractivity (Wildman–Crippen MR) is 99.0 cm³/mol. The Morgan fingerprint density at radius 2 is 1.92 bits per heavy atom. The van der Waals surface area contributed by atoms with Gasteiger partial charge in [0.2, 0.25) is 11.8 Å². The summed E-state index contributed by atoms with van der Waals surface area (Å²) >= 11 is 0. The highest BCUT2D eigenvalue weighted by Crippen LogP contribution is 2.40. The Morgan fingerprint density at radius 1 is 1.19 bits per heavy atom. The van der Waals surface area contributed by atoms with Gasteiger partial charge in [0, 0.05) is 11.5 Å². The summed E-state index contributed by atoms with van der Waals surface area (Å²) in [6, 6.07) is 10.5. The summed E-state index contributed by atoms with van der Waals surface area (Å²) < 4.78 is 20.8. The van der Waals surface area contributed by atoms with E-state index in [4.69, 9.17) is 4.42 Å². The van der Waals surface area contributed by atoms with Crippen molar-refractivity contribution in [1.29, 1.82) is 0 Å². The van der Waals surface area contributed by atoms with Gasteiger partial charge in [0.1, 0.15) is 5.75 Å². The molecule has 0 radical (unpaired) electrons. The van der Waals surface area contributed by atoms with Gasteiger partial charge in [-0.2, -0.15) is 0 Å². The lowest BCUT2D eigenvalue weighted by Crippen LogP contribution is -2.11. The predicted octanol–water partition coefficient (Wildman–Crippen LogP) is 3.87. The van der Waals surface area contributed by atoms with E-state index in [9.17, 15) is 4.21 Å². The van der Waals surface area contributed by atoms with Crippen LogP contribution in [0.15, 0.2) is 46.1 Å². The van der Waals surface area contributed by atoms with Crippen LogP contribution in [0.5, 0.6) is 0 Å². The molecule has 7 heteroatoms. The van der Waals surface area contributed by atoms with E-state index in [0.717, 1.165) is 24.1 Å². The third kappa shape index (κ3) is 3.35. The molecule has 1 fully saturated rings. The first-order chi connectivity index (χ1) is 12.4. The third-order valence-corrected chi connectivity index (χ3v) is 5.53. The molecule has 4 rings (SSSR count). The van der Waals surface area contributed by atoms with Crippen LogP contribution >= 0.6 is 0 Å². The fourth-order valence-electron chi connectivity index (χ4n) is 2.81. The van der Waals surface area contributed by atoms with E-state index >= 15 is 0 Å². The molecular weight excluding hydrogens is 348 g/mol. The number of aromatic nitrogens is 4. The molecule has 1 atom stereocenters. The Morgan fingerprint density at radius 3 is 2.54 bits per heavy atom. The van der Waals surface area contributed by atoms with Crippen molar-refractivity contribution >= 4 is 10.8 Å². The van der Waals surface area contributed by atoms with Gasteiger partial charge in [0.05, 0.1) is 22.7 Å². The molecule has 0 aliphatic heterocycles. The van der Waals surface area contributed by atoms with Crippen molar-refractivity contribution in [2.24, 2.45) is 0 Å². The fraction of sp³-hybridized carbons (Fsp3) is 0.421. The lowest BCUT2D eigenvalue weighted by atomic mass is 9.97. The summed E-state index contributed by atoms with van der Waals surface area (Å²) in [6.45, 7) is 6.02. The molecule has 26 heavy (non-hydrogen) atoms. The van der Waals surface area contributed by atoms with Gasteiger partial charge in [-0.15, -0.1) is 10.2 Å². The lowest BCUT2D eigenvalue weighted by Gasteiger charge is -2.11. The van der Waals surface area contributed by atoms with Crippen molar-refractivity contribution in [2.75, 3.05) is 0 Å². The van der Waals surface area contributed by atoms with Crippen molar-refractivity contribution in [2.45, 2.75) is 56.0 Å². The molecule has 0 amide bonds. The molecule has 1 aromatic carbocycles. The second kappa shape index (κ2) is 6.46. The van der Waals surface area contributed by atoms with Crippen LogP contribution in [0.25, 0.3) is 11.3 Å². The number of benzene rings is 1. The first-order valence-electron chi connectivity index (χ1n) is 8.77. The quantitative estimate of drug-likeness (QED) is 0.681. The zero-order chi connectivity index (χ0) is 18.3. The molecular formula is C19H22N4O2S. The maximum atomic E-state index is 13.0. The summed E-state index contributed by atoms with van der Waals surface area (Å²) in [5.74, 6) is 1.13. The highest BCUT2D eigenvalue weighted by Gasteiger charge is 2.31. The first kappa shape index (κ1) is 17.1. The largest absolute Gasteiger partial charge is 0.424 e. The average Bonchev–Trinajstić information content (AvgIpc) is 3.16. The standard InChI is InChI=1S/C19H22N4O2S/c1-19(2,3)17-22-21-16(25-17)12-26(24)18-20-11-15(23(18)14-9-10-14)13-7-5-4-6-8-13/h4-8,11,14H,9-10,12H2,1-3H3. The van der Waals surface area contributed by atoms with Gasteiger partial charge in [0.25, 0.3) is 0 Å². The molecule has 0 saturated heterocycles. The normalized spacial score (nSPS) is 16.0. The minimum atomic E-state index is -1.34. The van der Waals surface area contributed by atoms with Crippen LogP contribution in [-0.2, 0) is 22.0 Å². The lowest BCUT2D eigenvalue weighted by molar-refractivity contribution is 0.378. The minimum absolute atomic E-state index is 0.182. The molecule has 0 spiro atoms. The second-order valence-electron chi connectivity index (χ2n) is 7.63. The van der Waals surface area contributed by atoms with Crippen LogP contribution in [0.2, 0.25) is 0 Å². The molecule has 2 heterocycles. The number of rotatable bonds is 5. The van der Waals surface area contributed by atoms with E-state index in [1.807, 2.05) is 45.2 Å². The van der Waals surface area contributed by atoms with Gasteiger partial charge >= 0.3 is 0 Å². The summed E-state index contributed by atoms with van der Waals surface area (Å²) in [5.41, 5.74) is 1.87. The Kier molecular flexibility index (Phi) is 4.26. The van der Waals surface area contributed by atoms with Crippen molar-refractivity contribution in [1.82, 2.24) is 19.7 Å². The second-order valence-corrected chi connectivity index (χ2v) is 8.98. The topological polar surface area (TPSA) is 73.8 Å². The summed E-state index contributed by atoms with van der Waals surface area (Å²) in [5, 5.41) is 8.72. The number of hydrogen-bond donors (Lipinski definition) is 0. The average molecular weight is 370 g/mol. The van der Waals surface area contributed by atoms with Gasteiger partial charge in [-0.25, -0.2) is 4.98 Å². The van der Waals surface area contributed by atoms with Gasteiger partial charge in [-0.1, -0.05) is 51.1 Å². The van der Waals surface area contributed by atoms with Crippen LogP contribution in [0, 0.1) is 0 Å². The highest BCUT2D eigenvalue weighted by molar-refractivity contribution is 7.84. The molecule has 1 saturated carbocycles. The summed E-state index contributed by atoms with van der Waals surface area (Å²) in [4.78, 5) is 4.48. The van der Waals surface area contributed by atoms with Gasteiger partial charge in [-0.05, 0) is 18.4 Å². The first-order valence-corrected chi connectivity index (χ1v) is 10.1. The summed E-state index contributed by atoms with van der Waals surface area (Å²) in [6.07, 6.45) is 4.00. The van der Waals surface area contributed by atoms with Crippen LogP contribution in [0.4, 0.5) is 0 Å². The Bertz CT molecular complexity index is 936. The Balaban J connectivity index is 1.62. The summed E-state index contributed by atoms with van der Waals surface area (Å²) in [7, 11) is -1.34. The van der Waals surface area contributed by atoms with Crippen molar-refractivity contribution in [3.8, 4) is 11.3 Å². The van der Waals surface area contributed by atoms with Gasteiger partial charge in [0.15, 0.2) is 5.16 Å². The van der Waals surface area contributed by atoms with Crippen LogP contribution in [0.1, 0.15) is 51.4 Å². The van der Waals surface area contributed by atoms with E-state index < -0.39 is 10.8 Å². The minimum Gasteiger partial charge on any atom is -0.424 e. The molecule has 6 nitrogen and oxygen atoms in total. The van der Waals surface area contributed by atoms with Crippen LogP contribution in [-0.4, -0.2) is 24.0 Å². The van der Waals surface area contributed by atoms with Crippen molar-refractivity contribution < 1.29 is 8.63 Å². The van der Waals surface area contributed by atoms with Crippen molar-refractivity contribution in [3.05, 3.63) is 48.3 Å². The van der Waals surface area contributed by atoms with Crippen molar-refractivity contribution in [3.63, 3.8) is 0 Å². The Labute approximate surface area is 155 Å². The molecule has 1 aliphatic carbocycles. The van der Waals surface area contributed by atoms with Crippen LogP contribution in [0.3, 0.4) is 0 Å². The zero-order valence-electron chi connectivity index (χ0n) is 15.2. The number of nitrogens with zero attached hydrogens (tertiary/aromatic N) is 4. The van der Waals surface area contributed by atoms with E-state index in [1.54, 1.807) is 0 Å². The van der Waals surface area contributed by atoms with E-state index in [-0.39, 0.29) is 11.2 Å². The zero-order valence-corrected chi connectivity index (χ0v) is 16.0. The molecule has 0 N–H and O–H groups in total. The van der Waals surface area contributed by atoms with E-state index in [0.29, 0.717) is 23.0 Å². The van der Waals surface area contributed by atoms with Gasteiger partial charge < -0.3 is 8.98 Å². The smallest absolute Gasteiger partial charge is 0.229 e. The Hall–Kier alpha value is -2.28. The maximum Gasteiger partial charge on any atom is 0.229 e. The number of imidazole rings is 1. The number of hydrogen-bond acceptors (Lipinski definition) is 5. The molecule has 1 aliphatic rings. The van der Waals surface area contributed by atoms with E-state index in [2.05, 4.69) is 31.9 Å².